The molecule has 0 saturated heterocycles. The predicted molar refractivity (Wildman–Crippen MR) is 236 cm³/mol. The summed E-state index contributed by atoms with van der Waals surface area (Å²) in [6.45, 7) is 0. The third-order valence-electron chi connectivity index (χ3n) is 11.4. The first-order valence-corrected chi connectivity index (χ1v) is 19.3. The maximum atomic E-state index is 5.25. The molecule has 0 aliphatic rings. The number of para-hydroxylation sites is 5. The first-order chi connectivity index (χ1) is 28.3. The number of hydrogen-bond acceptors (Lipinski definition) is 2. The molecular formula is C52H33N5. The molecule has 0 unspecified atom stereocenters. The SMILES string of the molecule is c1ccc(-n2c3ccccc3c3ccc4c5ccccc5n(-c5cccc(-c6cccc(-c7cccc(-n8c9ccccc9c9ccccc98)n7)n6)c5)c4c32)cc1. The number of nitrogens with zero attached hydrogens (tertiary/aromatic N) is 5. The average molecular weight is 728 g/mol. The normalized spacial score (nSPS) is 11.9. The molecule has 5 nitrogen and oxygen atoms in total. The highest BCUT2D eigenvalue weighted by Gasteiger charge is 2.21. The Balaban J connectivity index is 1.03. The maximum Gasteiger partial charge on any atom is 0.138 e. The molecule has 0 bridgehead atoms. The fourth-order valence-corrected chi connectivity index (χ4v) is 9.02. The van der Waals surface area contributed by atoms with Crippen LogP contribution in [-0.4, -0.2) is 23.7 Å². The molecule has 0 fully saturated rings. The molecule has 5 aromatic heterocycles. The number of fused-ring (bicyclic) bond motifs is 10. The number of pyridine rings is 2. The monoisotopic (exact) mass is 727 g/mol. The van der Waals surface area contributed by atoms with E-state index in [9.17, 15) is 0 Å². The Labute approximate surface area is 328 Å². The molecule has 5 heteroatoms. The highest BCUT2D eigenvalue weighted by molar-refractivity contribution is 6.23. The van der Waals surface area contributed by atoms with Gasteiger partial charge in [0.05, 0.1) is 50.2 Å². The van der Waals surface area contributed by atoms with Crippen molar-refractivity contribution in [1.29, 1.82) is 0 Å². The molecule has 0 N–H and O–H groups in total. The fraction of sp³-hybridized carbons (Fsp3) is 0. The lowest BCUT2D eigenvalue weighted by atomic mass is 10.1. The number of rotatable bonds is 5. The van der Waals surface area contributed by atoms with Gasteiger partial charge in [-0.25, -0.2) is 9.97 Å². The summed E-state index contributed by atoms with van der Waals surface area (Å²) in [5.41, 5.74) is 12.8. The second-order valence-electron chi connectivity index (χ2n) is 14.6. The second kappa shape index (κ2) is 12.4. The Morgan fingerprint density at radius 3 is 1.33 bits per heavy atom. The lowest BCUT2D eigenvalue weighted by Crippen LogP contribution is -2.00. The lowest BCUT2D eigenvalue weighted by molar-refractivity contribution is 1.08. The second-order valence-corrected chi connectivity index (χ2v) is 14.6. The zero-order valence-corrected chi connectivity index (χ0v) is 30.8. The molecule has 57 heavy (non-hydrogen) atoms. The van der Waals surface area contributed by atoms with Crippen molar-refractivity contribution in [3.8, 4) is 39.8 Å². The van der Waals surface area contributed by atoms with E-state index >= 15 is 0 Å². The van der Waals surface area contributed by atoms with Crippen LogP contribution in [0.1, 0.15) is 0 Å². The molecular weight excluding hydrogens is 695 g/mol. The maximum absolute atomic E-state index is 5.25. The summed E-state index contributed by atoms with van der Waals surface area (Å²) in [5, 5.41) is 7.33. The summed E-state index contributed by atoms with van der Waals surface area (Å²) in [4.78, 5) is 10.5. The van der Waals surface area contributed by atoms with Gasteiger partial charge in [-0.3, -0.25) is 4.57 Å². The number of hydrogen-bond donors (Lipinski definition) is 0. The molecule has 0 amide bonds. The molecule has 0 spiro atoms. The van der Waals surface area contributed by atoms with Crippen LogP contribution in [0.25, 0.3) is 105 Å². The van der Waals surface area contributed by atoms with E-state index in [2.05, 4.69) is 214 Å². The molecule has 0 radical (unpaired) electrons. The van der Waals surface area contributed by atoms with Crippen molar-refractivity contribution in [2.24, 2.45) is 0 Å². The molecule has 266 valence electrons. The van der Waals surface area contributed by atoms with Crippen molar-refractivity contribution in [1.82, 2.24) is 23.7 Å². The Bertz CT molecular complexity index is 3480. The Morgan fingerprint density at radius 2 is 0.719 bits per heavy atom. The van der Waals surface area contributed by atoms with Gasteiger partial charge in [-0.15, -0.1) is 0 Å². The Kier molecular flexibility index (Phi) is 6.86. The molecule has 0 aliphatic carbocycles. The van der Waals surface area contributed by atoms with E-state index in [1.165, 1.54) is 48.9 Å². The van der Waals surface area contributed by atoms with Gasteiger partial charge in [-0.2, -0.15) is 0 Å². The molecule has 0 saturated carbocycles. The van der Waals surface area contributed by atoms with Gasteiger partial charge in [0.15, 0.2) is 0 Å². The van der Waals surface area contributed by atoms with Gasteiger partial charge in [0.1, 0.15) is 5.82 Å². The van der Waals surface area contributed by atoms with Crippen molar-refractivity contribution in [3.05, 3.63) is 200 Å². The third-order valence-corrected chi connectivity index (χ3v) is 11.4. The topological polar surface area (TPSA) is 40.6 Å². The summed E-state index contributed by atoms with van der Waals surface area (Å²) in [6.07, 6.45) is 0. The Morgan fingerprint density at radius 1 is 0.281 bits per heavy atom. The van der Waals surface area contributed by atoms with Gasteiger partial charge in [0.25, 0.3) is 0 Å². The molecule has 0 atom stereocenters. The van der Waals surface area contributed by atoms with Gasteiger partial charge >= 0.3 is 0 Å². The summed E-state index contributed by atoms with van der Waals surface area (Å²) in [6, 6.07) is 71.1. The van der Waals surface area contributed by atoms with Crippen LogP contribution >= 0.6 is 0 Å². The van der Waals surface area contributed by atoms with Crippen molar-refractivity contribution in [2.45, 2.75) is 0 Å². The van der Waals surface area contributed by atoms with Crippen LogP contribution < -0.4 is 0 Å². The van der Waals surface area contributed by atoms with Crippen molar-refractivity contribution < 1.29 is 0 Å². The van der Waals surface area contributed by atoms with Gasteiger partial charge in [0.2, 0.25) is 0 Å². The van der Waals surface area contributed by atoms with Crippen molar-refractivity contribution >= 4 is 65.4 Å². The van der Waals surface area contributed by atoms with E-state index in [1.54, 1.807) is 0 Å². The van der Waals surface area contributed by atoms with Crippen LogP contribution in [0.3, 0.4) is 0 Å². The lowest BCUT2D eigenvalue weighted by Gasteiger charge is -2.13. The summed E-state index contributed by atoms with van der Waals surface area (Å²) in [5.74, 6) is 0.865. The van der Waals surface area contributed by atoms with E-state index in [0.717, 1.165) is 56.4 Å². The number of aromatic nitrogens is 5. The fourth-order valence-electron chi connectivity index (χ4n) is 9.02. The first-order valence-electron chi connectivity index (χ1n) is 19.3. The first kappa shape index (κ1) is 31.6. The summed E-state index contributed by atoms with van der Waals surface area (Å²) in [7, 11) is 0. The highest BCUT2D eigenvalue weighted by atomic mass is 15.1. The van der Waals surface area contributed by atoms with E-state index < -0.39 is 0 Å². The van der Waals surface area contributed by atoms with Gasteiger partial charge < -0.3 is 9.13 Å². The zero-order chi connectivity index (χ0) is 37.5. The summed E-state index contributed by atoms with van der Waals surface area (Å²) < 4.78 is 7.12. The molecule has 0 aliphatic heterocycles. The minimum absolute atomic E-state index is 0.825. The van der Waals surface area contributed by atoms with E-state index in [-0.39, 0.29) is 0 Å². The zero-order valence-electron chi connectivity index (χ0n) is 30.8. The van der Waals surface area contributed by atoms with Gasteiger partial charge in [0, 0.05) is 49.3 Å². The molecule has 7 aromatic carbocycles. The standard InChI is InChI=1S/C52H33N5/c1-2-16-35(17-3-1)55-46-26-8-6-21-39(46)41-31-32-42-40-22-7-9-27-47(40)56(52(42)51(41)55)36-18-12-15-34(33-36)43-23-13-24-44(53-43)45-25-14-30-50(54-45)57-48-28-10-4-19-37(48)38-20-5-11-29-49(38)57/h1-33H. The smallest absolute Gasteiger partial charge is 0.138 e. The quantitative estimate of drug-likeness (QED) is 0.177. The van der Waals surface area contributed by atoms with Crippen molar-refractivity contribution in [3.63, 3.8) is 0 Å². The molecule has 12 aromatic rings. The third kappa shape index (κ3) is 4.76. The molecule has 5 heterocycles. The predicted octanol–water partition coefficient (Wildman–Crippen LogP) is 13.1. The average Bonchev–Trinajstić information content (AvgIpc) is 3.93. The summed E-state index contributed by atoms with van der Waals surface area (Å²) >= 11 is 0. The van der Waals surface area contributed by atoms with Crippen LogP contribution in [-0.2, 0) is 0 Å². The largest absolute Gasteiger partial charge is 0.307 e. The van der Waals surface area contributed by atoms with E-state index in [0.29, 0.717) is 0 Å². The molecule has 12 rings (SSSR count). The van der Waals surface area contributed by atoms with Crippen LogP contribution in [0.2, 0.25) is 0 Å². The highest BCUT2D eigenvalue weighted by Crippen LogP contribution is 2.42. The van der Waals surface area contributed by atoms with Crippen LogP contribution in [0, 0.1) is 0 Å². The van der Waals surface area contributed by atoms with Crippen LogP contribution in [0.15, 0.2) is 200 Å². The number of benzene rings is 7. The minimum Gasteiger partial charge on any atom is -0.307 e. The van der Waals surface area contributed by atoms with E-state index in [4.69, 9.17) is 9.97 Å². The Hall–Kier alpha value is -7.76. The van der Waals surface area contributed by atoms with Crippen molar-refractivity contribution in [2.75, 3.05) is 0 Å². The van der Waals surface area contributed by atoms with E-state index in [1.807, 2.05) is 0 Å². The van der Waals surface area contributed by atoms with Gasteiger partial charge in [-0.1, -0.05) is 127 Å². The van der Waals surface area contributed by atoms with Gasteiger partial charge in [-0.05, 0) is 72.8 Å². The van der Waals surface area contributed by atoms with Crippen LogP contribution in [0.5, 0.6) is 0 Å². The van der Waals surface area contributed by atoms with Crippen LogP contribution in [0.4, 0.5) is 0 Å². The minimum atomic E-state index is 0.825.